The molecule has 1 saturated heterocycles. The van der Waals surface area contributed by atoms with Crippen molar-refractivity contribution in [3.05, 3.63) is 94.3 Å². The average Bonchev–Trinajstić information content (AvgIpc) is 3.09. The Hall–Kier alpha value is -3.84. The fourth-order valence-electron chi connectivity index (χ4n) is 3.85. The van der Waals surface area contributed by atoms with Crippen molar-refractivity contribution in [3.8, 4) is 11.5 Å². The van der Waals surface area contributed by atoms with Crippen LogP contribution in [-0.2, 0) is 16.1 Å². The van der Waals surface area contributed by atoms with Crippen molar-refractivity contribution in [2.24, 2.45) is 0 Å². The molecule has 1 amide bonds. The number of carbonyl (C=O) groups excluding carboxylic acids is 2. The molecule has 2 heterocycles. The number of hydrogen-bond donors (Lipinski definition) is 1. The van der Waals surface area contributed by atoms with Gasteiger partial charge in [-0.1, -0.05) is 29.8 Å². The SMILES string of the molecule is COc1cccc(C2/C(=C(\O)c3cc(OC)ccc3Cl)C(=O)C(=O)N2Cc2cccnc2)c1. The number of Topliss-reactive ketones (excluding diaryl/α,β-unsaturated/α-hetero) is 1. The minimum absolute atomic E-state index is 0.0627. The van der Waals surface area contributed by atoms with Crippen LogP contribution in [0.25, 0.3) is 5.76 Å². The predicted octanol–water partition coefficient (Wildman–Crippen LogP) is 4.37. The van der Waals surface area contributed by atoms with Crippen LogP contribution in [0.3, 0.4) is 0 Å². The van der Waals surface area contributed by atoms with E-state index in [2.05, 4.69) is 4.98 Å². The molecule has 3 aromatic rings. The molecular weight excluding hydrogens is 444 g/mol. The second kappa shape index (κ2) is 9.34. The highest BCUT2D eigenvalue weighted by Gasteiger charge is 2.46. The molecule has 2 aromatic carbocycles. The van der Waals surface area contributed by atoms with Gasteiger partial charge in [0, 0.05) is 24.5 Å². The van der Waals surface area contributed by atoms with Crippen molar-refractivity contribution >= 4 is 29.1 Å². The van der Waals surface area contributed by atoms with Crippen LogP contribution in [-0.4, -0.2) is 40.9 Å². The lowest BCUT2D eigenvalue weighted by Gasteiger charge is -2.25. The Kier molecular flexibility index (Phi) is 6.33. The van der Waals surface area contributed by atoms with Crippen molar-refractivity contribution in [1.29, 1.82) is 0 Å². The highest BCUT2D eigenvalue weighted by molar-refractivity contribution is 6.47. The summed E-state index contributed by atoms with van der Waals surface area (Å²) < 4.78 is 10.6. The Morgan fingerprint density at radius 1 is 1.06 bits per heavy atom. The predicted molar refractivity (Wildman–Crippen MR) is 123 cm³/mol. The quantitative estimate of drug-likeness (QED) is 0.331. The number of likely N-dealkylation sites (tertiary alicyclic amines) is 1. The molecule has 8 heteroatoms. The van der Waals surface area contributed by atoms with Crippen LogP contribution in [0.4, 0.5) is 0 Å². The summed E-state index contributed by atoms with van der Waals surface area (Å²) in [7, 11) is 3.01. The number of pyridine rings is 1. The first-order chi connectivity index (χ1) is 15.9. The normalized spacial score (nSPS) is 17.3. The third-order valence-corrected chi connectivity index (χ3v) is 5.78. The number of amides is 1. The molecule has 1 atom stereocenters. The first kappa shape index (κ1) is 22.4. The summed E-state index contributed by atoms with van der Waals surface area (Å²) in [6, 6.07) is 14.4. The molecule has 1 unspecified atom stereocenters. The number of aromatic nitrogens is 1. The second-order valence-corrected chi connectivity index (χ2v) is 7.82. The van der Waals surface area contributed by atoms with Crippen molar-refractivity contribution < 1.29 is 24.2 Å². The van der Waals surface area contributed by atoms with Crippen LogP contribution in [0.15, 0.2) is 72.6 Å². The van der Waals surface area contributed by atoms with E-state index in [4.69, 9.17) is 21.1 Å². The standard InChI is InChI=1S/C25H21ClN2O5/c1-32-17-7-3-6-16(11-17)22-21(23(29)19-12-18(33-2)8-9-20(19)26)24(30)25(31)28(22)14-15-5-4-10-27-13-15/h3-13,22,29H,14H2,1-2H3/b23-21+. The van der Waals surface area contributed by atoms with Gasteiger partial charge >= 0.3 is 0 Å². The maximum atomic E-state index is 13.2. The van der Waals surface area contributed by atoms with Crippen molar-refractivity contribution in [2.75, 3.05) is 14.2 Å². The van der Waals surface area contributed by atoms with Crippen LogP contribution < -0.4 is 9.47 Å². The minimum atomic E-state index is -0.859. The maximum Gasteiger partial charge on any atom is 0.295 e. The highest BCUT2D eigenvalue weighted by atomic mass is 35.5. The van der Waals surface area contributed by atoms with E-state index in [9.17, 15) is 14.7 Å². The van der Waals surface area contributed by atoms with E-state index in [1.807, 2.05) is 6.07 Å². The Labute approximate surface area is 195 Å². The molecule has 1 fully saturated rings. The van der Waals surface area contributed by atoms with E-state index in [-0.39, 0.29) is 28.5 Å². The summed E-state index contributed by atoms with van der Waals surface area (Å²) in [5.74, 6) is -0.906. The number of aliphatic hydroxyl groups is 1. The number of carbonyl (C=O) groups is 2. The molecule has 1 N–H and O–H groups in total. The van der Waals surface area contributed by atoms with Gasteiger partial charge in [0.05, 0.1) is 30.9 Å². The molecule has 1 aliphatic rings. The Bertz CT molecular complexity index is 1240. The number of rotatable bonds is 6. The molecule has 1 aromatic heterocycles. The third-order valence-electron chi connectivity index (χ3n) is 5.45. The lowest BCUT2D eigenvalue weighted by molar-refractivity contribution is -0.140. The summed E-state index contributed by atoms with van der Waals surface area (Å²) in [6.45, 7) is 0.128. The van der Waals surface area contributed by atoms with E-state index in [0.717, 1.165) is 5.56 Å². The topological polar surface area (TPSA) is 89.0 Å². The van der Waals surface area contributed by atoms with E-state index in [1.165, 1.54) is 25.2 Å². The molecule has 7 nitrogen and oxygen atoms in total. The summed E-state index contributed by atoms with van der Waals surface area (Å²) in [5, 5.41) is 11.5. The van der Waals surface area contributed by atoms with Gasteiger partial charge in [0.2, 0.25) is 0 Å². The van der Waals surface area contributed by atoms with Crippen LogP contribution in [0.5, 0.6) is 11.5 Å². The van der Waals surface area contributed by atoms with Gasteiger partial charge in [-0.2, -0.15) is 0 Å². The number of aliphatic hydroxyl groups excluding tert-OH is 1. The van der Waals surface area contributed by atoms with Gasteiger partial charge in [-0.15, -0.1) is 0 Å². The van der Waals surface area contributed by atoms with E-state index >= 15 is 0 Å². The van der Waals surface area contributed by atoms with Crippen LogP contribution in [0.1, 0.15) is 22.7 Å². The molecule has 0 radical (unpaired) electrons. The largest absolute Gasteiger partial charge is 0.507 e. The first-order valence-corrected chi connectivity index (χ1v) is 10.5. The molecular formula is C25H21ClN2O5. The molecule has 33 heavy (non-hydrogen) atoms. The zero-order valence-corrected chi connectivity index (χ0v) is 18.7. The van der Waals surface area contributed by atoms with Crippen LogP contribution in [0.2, 0.25) is 5.02 Å². The van der Waals surface area contributed by atoms with Gasteiger partial charge in [0.25, 0.3) is 11.7 Å². The highest BCUT2D eigenvalue weighted by Crippen LogP contribution is 2.42. The monoisotopic (exact) mass is 464 g/mol. The van der Waals surface area contributed by atoms with Crippen LogP contribution >= 0.6 is 11.6 Å². The van der Waals surface area contributed by atoms with Gasteiger partial charge in [-0.05, 0) is 47.5 Å². The Morgan fingerprint density at radius 2 is 1.82 bits per heavy atom. The number of methoxy groups -OCH3 is 2. The van der Waals surface area contributed by atoms with Gasteiger partial charge in [0.15, 0.2) is 0 Å². The van der Waals surface area contributed by atoms with Gasteiger partial charge in [0.1, 0.15) is 17.3 Å². The van der Waals surface area contributed by atoms with E-state index in [1.54, 1.807) is 54.9 Å². The Morgan fingerprint density at radius 3 is 2.52 bits per heavy atom. The van der Waals surface area contributed by atoms with Crippen LogP contribution in [0, 0.1) is 0 Å². The van der Waals surface area contributed by atoms with Gasteiger partial charge in [-0.3, -0.25) is 14.6 Å². The lowest BCUT2D eigenvalue weighted by atomic mass is 9.95. The maximum absolute atomic E-state index is 13.2. The van der Waals surface area contributed by atoms with Gasteiger partial charge in [-0.25, -0.2) is 0 Å². The zero-order valence-electron chi connectivity index (χ0n) is 18.0. The molecule has 0 saturated carbocycles. The minimum Gasteiger partial charge on any atom is -0.507 e. The number of ketones is 1. The van der Waals surface area contributed by atoms with E-state index < -0.39 is 17.7 Å². The van der Waals surface area contributed by atoms with Crippen molar-refractivity contribution in [1.82, 2.24) is 9.88 Å². The Balaban J connectivity index is 1.91. The fourth-order valence-corrected chi connectivity index (χ4v) is 4.05. The lowest BCUT2D eigenvalue weighted by Crippen LogP contribution is -2.29. The number of ether oxygens (including phenoxy) is 2. The first-order valence-electron chi connectivity index (χ1n) is 10.1. The zero-order chi connectivity index (χ0) is 23.5. The molecule has 0 bridgehead atoms. The van der Waals surface area contributed by atoms with Crippen molar-refractivity contribution in [3.63, 3.8) is 0 Å². The molecule has 168 valence electrons. The number of benzene rings is 2. The fraction of sp³-hybridized carbons (Fsp3) is 0.160. The number of nitrogens with zero attached hydrogens (tertiary/aromatic N) is 2. The van der Waals surface area contributed by atoms with Crippen molar-refractivity contribution in [2.45, 2.75) is 12.6 Å². The third kappa shape index (κ3) is 4.27. The summed E-state index contributed by atoms with van der Waals surface area (Å²) in [4.78, 5) is 31.8. The summed E-state index contributed by atoms with van der Waals surface area (Å²) in [6.07, 6.45) is 3.25. The average molecular weight is 465 g/mol. The number of hydrogen-bond acceptors (Lipinski definition) is 6. The second-order valence-electron chi connectivity index (χ2n) is 7.41. The summed E-state index contributed by atoms with van der Waals surface area (Å²) in [5.41, 5.74) is 1.49. The number of halogens is 1. The molecule has 1 aliphatic heterocycles. The molecule has 0 spiro atoms. The summed E-state index contributed by atoms with van der Waals surface area (Å²) >= 11 is 6.33. The van der Waals surface area contributed by atoms with E-state index in [0.29, 0.717) is 17.1 Å². The molecule has 0 aliphatic carbocycles. The van der Waals surface area contributed by atoms with Gasteiger partial charge < -0.3 is 19.5 Å². The smallest absolute Gasteiger partial charge is 0.295 e. The molecule has 4 rings (SSSR count).